The van der Waals surface area contributed by atoms with E-state index in [1.54, 1.807) is 28.2 Å². The molecule has 1 aromatic carbocycles. The number of imidazole rings is 1. The van der Waals surface area contributed by atoms with Crippen LogP contribution in [0.25, 0.3) is 0 Å². The number of anilines is 1. The van der Waals surface area contributed by atoms with Crippen LogP contribution in [0.15, 0.2) is 43.0 Å². The molecular formula is C24H35N5O2. The molecule has 2 amide bonds. The van der Waals surface area contributed by atoms with Crippen LogP contribution in [0.3, 0.4) is 0 Å². The van der Waals surface area contributed by atoms with Gasteiger partial charge in [-0.2, -0.15) is 0 Å². The molecule has 1 aliphatic heterocycles. The summed E-state index contributed by atoms with van der Waals surface area (Å²) in [6.07, 6.45) is 9.16. The van der Waals surface area contributed by atoms with Crippen molar-refractivity contribution in [3.8, 4) is 0 Å². The normalized spacial score (nSPS) is 14.0. The van der Waals surface area contributed by atoms with Crippen molar-refractivity contribution >= 4 is 17.5 Å². The van der Waals surface area contributed by atoms with E-state index in [0.29, 0.717) is 13.1 Å². The van der Waals surface area contributed by atoms with Crippen LogP contribution in [-0.2, 0) is 16.0 Å². The Bertz CT molecular complexity index is 830. The first-order valence-corrected chi connectivity index (χ1v) is 11.5. The number of amides is 2. The molecule has 0 aliphatic carbocycles. The third-order valence-electron chi connectivity index (χ3n) is 5.75. The summed E-state index contributed by atoms with van der Waals surface area (Å²) >= 11 is 0. The monoisotopic (exact) mass is 425 g/mol. The van der Waals surface area contributed by atoms with Gasteiger partial charge in [-0.1, -0.05) is 32.0 Å². The number of para-hydroxylation sites is 1. The number of hydrogen-bond donors (Lipinski definition) is 1. The Morgan fingerprint density at radius 1 is 1.16 bits per heavy atom. The van der Waals surface area contributed by atoms with Gasteiger partial charge < -0.3 is 19.7 Å². The fourth-order valence-corrected chi connectivity index (χ4v) is 4.27. The molecule has 0 saturated heterocycles. The van der Waals surface area contributed by atoms with Gasteiger partial charge in [0, 0.05) is 31.2 Å². The molecule has 2 heterocycles. The highest BCUT2D eigenvalue weighted by Gasteiger charge is 2.32. The number of carbonyl (C=O) groups excluding carboxylic acids is 2. The smallest absolute Gasteiger partial charge is 0.250 e. The van der Waals surface area contributed by atoms with Crippen LogP contribution in [0.2, 0.25) is 0 Å². The zero-order valence-electron chi connectivity index (χ0n) is 18.8. The van der Waals surface area contributed by atoms with E-state index in [2.05, 4.69) is 35.1 Å². The Morgan fingerprint density at radius 3 is 2.65 bits per heavy atom. The van der Waals surface area contributed by atoms with E-state index in [4.69, 9.17) is 0 Å². The standard InChI is InChI=1S/C24H35N5O2/c1-3-13-27(14-4-2)15-7-11-26-23(30)18-22(28-17-12-25-19-28)24(31)29-16-10-20-8-5-6-9-21(20)29/h5-6,8-9,12,17,19,22H,3-4,7,10-11,13-16,18H2,1-2H3,(H,26,30)/t22-/m1/s1. The van der Waals surface area contributed by atoms with Gasteiger partial charge in [0.2, 0.25) is 5.91 Å². The van der Waals surface area contributed by atoms with Gasteiger partial charge in [-0.3, -0.25) is 9.59 Å². The number of carbonyl (C=O) groups is 2. The summed E-state index contributed by atoms with van der Waals surface area (Å²) in [5, 5.41) is 3.01. The van der Waals surface area contributed by atoms with Gasteiger partial charge in [-0.15, -0.1) is 0 Å². The summed E-state index contributed by atoms with van der Waals surface area (Å²) in [7, 11) is 0. The maximum Gasteiger partial charge on any atom is 0.250 e. The minimum atomic E-state index is -0.592. The lowest BCUT2D eigenvalue weighted by Gasteiger charge is -2.25. The lowest BCUT2D eigenvalue weighted by atomic mass is 10.1. The van der Waals surface area contributed by atoms with Crippen molar-refractivity contribution in [2.75, 3.05) is 37.6 Å². The van der Waals surface area contributed by atoms with Gasteiger partial charge in [-0.25, -0.2) is 4.98 Å². The van der Waals surface area contributed by atoms with Crippen molar-refractivity contribution in [2.24, 2.45) is 0 Å². The minimum Gasteiger partial charge on any atom is -0.356 e. The zero-order valence-corrected chi connectivity index (χ0v) is 18.8. The molecule has 0 radical (unpaired) electrons. The largest absolute Gasteiger partial charge is 0.356 e. The van der Waals surface area contributed by atoms with Crippen LogP contribution < -0.4 is 10.2 Å². The topological polar surface area (TPSA) is 70.5 Å². The zero-order chi connectivity index (χ0) is 22.1. The number of rotatable bonds is 12. The van der Waals surface area contributed by atoms with E-state index in [1.165, 1.54) is 5.56 Å². The van der Waals surface area contributed by atoms with Crippen LogP contribution in [0.5, 0.6) is 0 Å². The minimum absolute atomic E-state index is 0.0600. The number of benzene rings is 1. The molecule has 0 unspecified atom stereocenters. The van der Waals surface area contributed by atoms with Crippen molar-refractivity contribution < 1.29 is 9.59 Å². The fraction of sp³-hybridized carbons (Fsp3) is 0.542. The lowest BCUT2D eigenvalue weighted by molar-refractivity contribution is -0.128. The second-order valence-electron chi connectivity index (χ2n) is 8.14. The van der Waals surface area contributed by atoms with Gasteiger partial charge in [-0.05, 0) is 56.9 Å². The average Bonchev–Trinajstić information content (AvgIpc) is 3.45. The van der Waals surface area contributed by atoms with E-state index in [9.17, 15) is 9.59 Å². The SMILES string of the molecule is CCCN(CCC)CCCNC(=O)C[C@H](C(=O)N1CCc2ccccc21)n1ccnc1. The third kappa shape index (κ3) is 6.17. The highest BCUT2D eigenvalue weighted by atomic mass is 16.2. The van der Waals surface area contributed by atoms with Gasteiger partial charge in [0.15, 0.2) is 0 Å². The van der Waals surface area contributed by atoms with Crippen molar-refractivity contribution in [3.63, 3.8) is 0 Å². The molecule has 31 heavy (non-hydrogen) atoms. The molecule has 1 N–H and O–H groups in total. The highest BCUT2D eigenvalue weighted by molar-refractivity contribution is 6.00. The van der Waals surface area contributed by atoms with Crippen LogP contribution in [0.4, 0.5) is 5.69 Å². The van der Waals surface area contributed by atoms with E-state index >= 15 is 0 Å². The molecule has 0 bridgehead atoms. The summed E-state index contributed by atoms with van der Waals surface area (Å²) in [4.78, 5) is 34.4. The molecule has 7 heteroatoms. The lowest BCUT2D eigenvalue weighted by Crippen LogP contribution is -2.39. The molecule has 0 spiro atoms. The van der Waals surface area contributed by atoms with Gasteiger partial charge >= 0.3 is 0 Å². The maximum atomic E-state index is 13.4. The quantitative estimate of drug-likeness (QED) is 0.531. The highest BCUT2D eigenvalue weighted by Crippen LogP contribution is 2.30. The summed E-state index contributed by atoms with van der Waals surface area (Å²) in [6, 6.07) is 7.38. The summed E-state index contributed by atoms with van der Waals surface area (Å²) in [5.74, 6) is -0.160. The van der Waals surface area contributed by atoms with E-state index in [0.717, 1.165) is 51.0 Å². The molecule has 0 fully saturated rings. The Hall–Kier alpha value is -2.67. The van der Waals surface area contributed by atoms with Gasteiger partial charge in [0.05, 0.1) is 12.7 Å². The number of fused-ring (bicyclic) bond motifs is 1. The average molecular weight is 426 g/mol. The molecule has 0 saturated carbocycles. The molecular weight excluding hydrogens is 390 g/mol. The first-order chi connectivity index (χ1) is 15.1. The van der Waals surface area contributed by atoms with Crippen LogP contribution in [0, 0.1) is 0 Å². The van der Waals surface area contributed by atoms with E-state index in [-0.39, 0.29) is 18.2 Å². The Labute approximate surface area is 185 Å². The Kier molecular flexibility index (Phi) is 8.64. The number of hydrogen-bond acceptors (Lipinski definition) is 4. The Morgan fingerprint density at radius 2 is 1.94 bits per heavy atom. The van der Waals surface area contributed by atoms with E-state index in [1.807, 2.05) is 18.2 Å². The summed E-state index contributed by atoms with van der Waals surface area (Å²) in [5.41, 5.74) is 2.12. The predicted octanol–water partition coefficient (Wildman–Crippen LogP) is 3.03. The van der Waals surface area contributed by atoms with Crippen LogP contribution in [0.1, 0.15) is 51.1 Å². The fourth-order valence-electron chi connectivity index (χ4n) is 4.27. The first kappa shape index (κ1) is 23.0. The van der Waals surface area contributed by atoms with Gasteiger partial charge in [0.25, 0.3) is 5.91 Å². The predicted molar refractivity (Wildman–Crippen MR) is 123 cm³/mol. The van der Waals surface area contributed by atoms with Gasteiger partial charge in [0.1, 0.15) is 6.04 Å². The van der Waals surface area contributed by atoms with Crippen LogP contribution >= 0.6 is 0 Å². The van der Waals surface area contributed by atoms with Crippen molar-refractivity contribution in [1.82, 2.24) is 19.8 Å². The number of nitrogens with one attached hydrogen (secondary N) is 1. The first-order valence-electron chi connectivity index (χ1n) is 11.5. The summed E-state index contributed by atoms with van der Waals surface area (Å²) < 4.78 is 1.74. The second-order valence-corrected chi connectivity index (χ2v) is 8.14. The Balaban J connectivity index is 1.57. The summed E-state index contributed by atoms with van der Waals surface area (Å²) in [6.45, 7) is 8.83. The van der Waals surface area contributed by atoms with Crippen LogP contribution in [-0.4, -0.2) is 59.0 Å². The van der Waals surface area contributed by atoms with Crippen molar-refractivity contribution in [1.29, 1.82) is 0 Å². The van der Waals surface area contributed by atoms with Crippen molar-refractivity contribution in [2.45, 2.75) is 52.0 Å². The molecule has 1 atom stereocenters. The molecule has 3 rings (SSSR count). The molecule has 1 aromatic heterocycles. The maximum absolute atomic E-state index is 13.4. The molecule has 1 aliphatic rings. The third-order valence-corrected chi connectivity index (χ3v) is 5.75. The number of nitrogens with zero attached hydrogens (tertiary/aromatic N) is 4. The molecule has 7 nitrogen and oxygen atoms in total. The number of aromatic nitrogens is 2. The molecule has 168 valence electrons. The second kappa shape index (κ2) is 11.6. The van der Waals surface area contributed by atoms with E-state index < -0.39 is 6.04 Å². The van der Waals surface area contributed by atoms with Crippen molar-refractivity contribution in [3.05, 3.63) is 48.5 Å². The molecule has 2 aromatic rings.